The van der Waals surface area contributed by atoms with Crippen molar-refractivity contribution < 1.29 is 4.39 Å². The second-order valence-corrected chi connectivity index (χ2v) is 8.10. The summed E-state index contributed by atoms with van der Waals surface area (Å²) in [6.45, 7) is 4.10. The van der Waals surface area contributed by atoms with E-state index in [1.807, 2.05) is 12.1 Å². The van der Waals surface area contributed by atoms with E-state index in [0.717, 1.165) is 38.0 Å². The maximum Gasteiger partial charge on any atom is 0.162 e. The summed E-state index contributed by atoms with van der Waals surface area (Å²) in [5.74, 6) is 0.894. The zero-order valence-corrected chi connectivity index (χ0v) is 16.0. The Bertz CT molecular complexity index is 1000. The van der Waals surface area contributed by atoms with Crippen molar-refractivity contribution in [3.05, 3.63) is 42.7 Å². The van der Waals surface area contributed by atoms with Crippen LogP contribution in [-0.2, 0) is 0 Å². The molecule has 2 aliphatic heterocycles. The molecule has 7 heteroatoms. The van der Waals surface area contributed by atoms with Crippen LogP contribution in [-0.4, -0.2) is 58.1 Å². The van der Waals surface area contributed by atoms with E-state index in [1.54, 1.807) is 18.6 Å². The average molecular weight is 378 g/mol. The fourth-order valence-corrected chi connectivity index (χ4v) is 4.64. The molecule has 0 atom stereocenters. The van der Waals surface area contributed by atoms with Crippen LogP contribution in [0.1, 0.15) is 19.3 Å². The summed E-state index contributed by atoms with van der Waals surface area (Å²) >= 11 is 0. The topological polar surface area (TPSA) is 58.0 Å². The van der Waals surface area contributed by atoms with Crippen molar-refractivity contribution >= 4 is 16.7 Å². The highest BCUT2D eigenvalue weighted by Gasteiger charge is 2.40. The molecule has 0 N–H and O–H groups in total. The highest BCUT2D eigenvalue weighted by atomic mass is 19.1. The third kappa shape index (κ3) is 2.99. The van der Waals surface area contributed by atoms with Gasteiger partial charge >= 0.3 is 0 Å². The van der Waals surface area contributed by atoms with Gasteiger partial charge in [0.25, 0.3) is 0 Å². The molecule has 0 radical (unpaired) electrons. The average Bonchev–Trinajstić information content (AvgIpc) is 3.08. The number of hydrogen-bond donors (Lipinski definition) is 0. The van der Waals surface area contributed by atoms with Gasteiger partial charge in [-0.25, -0.2) is 14.4 Å². The van der Waals surface area contributed by atoms with Crippen LogP contribution < -0.4 is 4.90 Å². The molecule has 0 bridgehead atoms. The predicted molar refractivity (Wildman–Crippen MR) is 107 cm³/mol. The van der Waals surface area contributed by atoms with E-state index in [0.29, 0.717) is 28.0 Å². The van der Waals surface area contributed by atoms with E-state index in [-0.39, 0.29) is 5.82 Å². The number of anilines is 1. The molecule has 2 fully saturated rings. The molecule has 3 aromatic rings. The third-order valence-electron chi connectivity index (χ3n) is 6.23. The van der Waals surface area contributed by atoms with E-state index in [1.165, 1.54) is 19.2 Å². The van der Waals surface area contributed by atoms with Crippen molar-refractivity contribution in [2.24, 2.45) is 5.41 Å². The summed E-state index contributed by atoms with van der Waals surface area (Å²) in [5.41, 5.74) is 1.81. The Morgan fingerprint density at radius 3 is 2.43 bits per heavy atom. The van der Waals surface area contributed by atoms with Gasteiger partial charge in [0.15, 0.2) is 11.6 Å². The van der Waals surface area contributed by atoms with E-state index >= 15 is 0 Å². The summed E-state index contributed by atoms with van der Waals surface area (Å²) in [6.07, 6.45) is 9.77. The lowest BCUT2D eigenvalue weighted by Crippen LogP contribution is -2.41. The number of nitrogens with zero attached hydrogens (tertiary/aromatic N) is 6. The first-order valence-corrected chi connectivity index (χ1v) is 9.79. The van der Waals surface area contributed by atoms with Gasteiger partial charge in [-0.15, -0.1) is 0 Å². The summed E-state index contributed by atoms with van der Waals surface area (Å²) in [6, 6.07) is 3.74. The van der Waals surface area contributed by atoms with Crippen LogP contribution >= 0.6 is 0 Å². The Balaban J connectivity index is 1.55. The quantitative estimate of drug-likeness (QED) is 0.683. The van der Waals surface area contributed by atoms with Gasteiger partial charge in [-0.1, -0.05) is 0 Å². The highest BCUT2D eigenvalue weighted by molar-refractivity contribution is 5.91. The predicted octanol–water partition coefficient (Wildman–Crippen LogP) is 3.15. The highest BCUT2D eigenvalue weighted by Crippen LogP contribution is 2.41. The van der Waals surface area contributed by atoms with Crippen LogP contribution in [0, 0.1) is 11.2 Å². The van der Waals surface area contributed by atoms with Gasteiger partial charge in [0.05, 0.1) is 23.3 Å². The maximum absolute atomic E-state index is 14.7. The molecule has 2 aliphatic rings. The van der Waals surface area contributed by atoms with Crippen LogP contribution in [0.25, 0.3) is 22.3 Å². The number of fused-ring (bicyclic) bond motifs is 1. The molecule has 28 heavy (non-hydrogen) atoms. The van der Waals surface area contributed by atoms with Crippen molar-refractivity contribution in [1.29, 1.82) is 0 Å². The zero-order valence-electron chi connectivity index (χ0n) is 16.0. The molecule has 0 amide bonds. The number of likely N-dealkylation sites (tertiary alicyclic amines) is 1. The zero-order chi connectivity index (χ0) is 19.1. The first-order chi connectivity index (χ1) is 13.6. The molecule has 0 saturated carbocycles. The number of pyridine rings is 2. The molecule has 5 heterocycles. The molecule has 144 valence electrons. The largest absolute Gasteiger partial charge is 0.356 e. The van der Waals surface area contributed by atoms with Crippen molar-refractivity contribution in [2.45, 2.75) is 19.3 Å². The molecule has 0 aliphatic carbocycles. The SMILES string of the molecule is CN1CCC2(CCN(c3nc(-c4ccncc4)nc4cncc(F)c34)CC2)C1. The van der Waals surface area contributed by atoms with E-state index < -0.39 is 0 Å². The van der Waals surface area contributed by atoms with Crippen LogP contribution in [0.3, 0.4) is 0 Å². The fraction of sp³-hybridized carbons (Fsp3) is 0.429. The smallest absolute Gasteiger partial charge is 0.162 e. The minimum Gasteiger partial charge on any atom is -0.356 e. The van der Waals surface area contributed by atoms with Crippen molar-refractivity contribution in [1.82, 2.24) is 24.8 Å². The number of rotatable bonds is 2. The lowest BCUT2D eigenvalue weighted by Gasteiger charge is -2.40. The number of aromatic nitrogens is 4. The van der Waals surface area contributed by atoms with Gasteiger partial charge in [-0.05, 0) is 50.4 Å². The molecule has 6 nitrogen and oxygen atoms in total. The Kier molecular flexibility index (Phi) is 4.19. The Labute approximate surface area is 163 Å². The van der Waals surface area contributed by atoms with Gasteiger partial charge in [0.1, 0.15) is 5.82 Å². The van der Waals surface area contributed by atoms with Gasteiger partial charge in [0, 0.05) is 37.6 Å². The van der Waals surface area contributed by atoms with Crippen LogP contribution in [0.5, 0.6) is 0 Å². The second kappa shape index (κ2) is 6.74. The van der Waals surface area contributed by atoms with E-state index in [9.17, 15) is 4.39 Å². The van der Waals surface area contributed by atoms with Gasteiger partial charge in [0.2, 0.25) is 0 Å². The summed E-state index contributed by atoms with van der Waals surface area (Å²) in [4.78, 5) is 22.1. The number of halogens is 1. The van der Waals surface area contributed by atoms with Gasteiger partial charge in [-0.3, -0.25) is 9.97 Å². The number of piperidine rings is 1. The number of hydrogen-bond acceptors (Lipinski definition) is 6. The summed E-state index contributed by atoms with van der Waals surface area (Å²) < 4.78 is 14.7. The van der Waals surface area contributed by atoms with Gasteiger partial charge < -0.3 is 9.80 Å². The molecule has 2 saturated heterocycles. The Morgan fingerprint density at radius 1 is 0.964 bits per heavy atom. The summed E-state index contributed by atoms with van der Waals surface area (Å²) in [7, 11) is 2.20. The molecule has 5 rings (SSSR count). The Morgan fingerprint density at radius 2 is 1.71 bits per heavy atom. The third-order valence-corrected chi connectivity index (χ3v) is 6.23. The molecule has 1 spiro atoms. The lowest BCUT2D eigenvalue weighted by molar-refractivity contribution is 0.222. The summed E-state index contributed by atoms with van der Waals surface area (Å²) in [5, 5.41) is 0.465. The van der Waals surface area contributed by atoms with Crippen molar-refractivity contribution in [3.63, 3.8) is 0 Å². The van der Waals surface area contributed by atoms with Gasteiger partial charge in [-0.2, -0.15) is 0 Å². The first-order valence-electron chi connectivity index (χ1n) is 9.79. The standard InChI is InChI=1S/C21H23FN6/c1-27-9-4-21(14-27)5-10-28(11-6-21)20-18-16(22)12-24-13-17(18)25-19(26-20)15-2-7-23-8-3-15/h2-3,7-8,12-13H,4-6,9-11,14H2,1H3. The van der Waals surface area contributed by atoms with E-state index in [2.05, 4.69) is 31.8 Å². The van der Waals surface area contributed by atoms with Crippen molar-refractivity contribution in [3.8, 4) is 11.4 Å². The normalized spacial score (nSPS) is 19.6. The molecule has 0 unspecified atom stereocenters. The molecule has 0 aromatic carbocycles. The second-order valence-electron chi connectivity index (χ2n) is 8.10. The molecule has 3 aromatic heterocycles. The monoisotopic (exact) mass is 378 g/mol. The molecular weight excluding hydrogens is 355 g/mol. The minimum atomic E-state index is -0.366. The molecular formula is C21H23FN6. The lowest BCUT2D eigenvalue weighted by atomic mass is 9.78. The van der Waals surface area contributed by atoms with E-state index in [4.69, 9.17) is 4.98 Å². The minimum absolute atomic E-state index is 0.366. The van der Waals surface area contributed by atoms with Crippen LogP contribution in [0.4, 0.5) is 10.2 Å². The van der Waals surface area contributed by atoms with Crippen molar-refractivity contribution in [2.75, 3.05) is 38.1 Å². The first kappa shape index (κ1) is 17.4. The Hall–Kier alpha value is -2.67. The van der Waals surface area contributed by atoms with Crippen LogP contribution in [0.2, 0.25) is 0 Å². The maximum atomic E-state index is 14.7. The van der Waals surface area contributed by atoms with Crippen LogP contribution in [0.15, 0.2) is 36.9 Å². The fourth-order valence-electron chi connectivity index (χ4n) is 4.64.